The number of para-hydroxylation sites is 1. The molecule has 0 bridgehead atoms. The van der Waals surface area contributed by atoms with Gasteiger partial charge in [0.25, 0.3) is 0 Å². The van der Waals surface area contributed by atoms with E-state index in [-0.39, 0.29) is 11.9 Å². The van der Waals surface area contributed by atoms with Crippen LogP contribution in [0, 0.1) is 5.92 Å². The highest BCUT2D eigenvalue weighted by molar-refractivity contribution is 5.96. The van der Waals surface area contributed by atoms with Gasteiger partial charge in [-0.05, 0) is 42.5 Å². The number of ether oxygens (including phenoxy) is 1. The Hall–Kier alpha value is -3.46. The Balaban J connectivity index is 0.00000133. The third kappa shape index (κ3) is 4.89. The van der Waals surface area contributed by atoms with Crippen LogP contribution in [0.5, 0.6) is 5.75 Å². The number of amidine groups is 1. The molecule has 34 heavy (non-hydrogen) atoms. The van der Waals surface area contributed by atoms with Crippen LogP contribution in [0.1, 0.15) is 38.2 Å². The number of anilines is 2. The first kappa shape index (κ1) is 23.7. The molecule has 1 saturated carbocycles. The molecule has 180 valence electrons. The van der Waals surface area contributed by atoms with Crippen LogP contribution in [-0.4, -0.2) is 54.1 Å². The fourth-order valence-corrected chi connectivity index (χ4v) is 4.44. The van der Waals surface area contributed by atoms with Crippen LogP contribution >= 0.6 is 0 Å². The van der Waals surface area contributed by atoms with Crippen molar-refractivity contribution in [2.24, 2.45) is 16.6 Å². The Bertz CT molecular complexity index is 1140. The lowest BCUT2D eigenvalue weighted by molar-refractivity contribution is 0.342. The van der Waals surface area contributed by atoms with E-state index in [9.17, 15) is 0 Å². The molecule has 3 aromatic rings. The average Bonchev–Trinajstić information content (AvgIpc) is 2.85. The Kier molecular flexibility index (Phi) is 7.42. The molecule has 0 radical (unpaired) electrons. The lowest BCUT2D eigenvalue weighted by Crippen LogP contribution is -2.43. The zero-order valence-electron chi connectivity index (χ0n) is 20.2. The van der Waals surface area contributed by atoms with E-state index in [0.29, 0.717) is 28.8 Å². The van der Waals surface area contributed by atoms with Crippen molar-refractivity contribution >= 4 is 34.3 Å². The molecular formula is C25H34N8O. The minimum Gasteiger partial charge on any atom is -0.494 e. The molecule has 9 heteroatoms. The fourth-order valence-electron chi connectivity index (χ4n) is 4.44. The summed E-state index contributed by atoms with van der Waals surface area (Å²) in [5.74, 6) is 3.55. The van der Waals surface area contributed by atoms with Crippen LogP contribution in [0.25, 0.3) is 10.9 Å². The van der Waals surface area contributed by atoms with Crippen molar-refractivity contribution < 1.29 is 4.74 Å². The molecule has 1 aliphatic carbocycles. The van der Waals surface area contributed by atoms with E-state index in [1.807, 2.05) is 38.2 Å². The summed E-state index contributed by atoms with van der Waals surface area (Å²) in [4.78, 5) is 20.3. The fraction of sp³-hybridized carbons (Fsp3) is 0.440. The molecule has 3 heterocycles. The molecular weight excluding hydrogens is 428 g/mol. The second-order valence-corrected chi connectivity index (χ2v) is 8.35. The van der Waals surface area contributed by atoms with Crippen molar-refractivity contribution in [2.75, 3.05) is 43.9 Å². The molecule has 2 aromatic heterocycles. The van der Waals surface area contributed by atoms with Gasteiger partial charge in [0.05, 0.1) is 7.11 Å². The summed E-state index contributed by atoms with van der Waals surface area (Å²) >= 11 is 0. The smallest absolute Gasteiger partial charge is 0.222 e. The number of piperazine rings is 1. The van der Waals surface area contributed by atoms with Gasteiger partial charge < -0.3 is 26.4 Å². The monoisotopic (exact) mass is 462 g/mol. The third-order valence-corrected chi connectivity index (χ3v) is 6.38. The number of fused-ring (bicyclic) bond motifs is 1. The number of nitrogens with one attached hydrogen (secondary N) is 1. The Labute approximate surface area is 200 Å². The van der Waals surface area contributed by atoms with Crippen molar-refractivity contribution in [3.8, 4) is 5.75 Å². The van der Waals surface area contributed by atoms with Crippen LogP contribution < -0.4 is 26.4 Å². The summed E-state index contributed by atoms with van der Waals surface area (Å²) in [6, 6.07) is 9.95. The van der Waals surface area contributed by atoms with E-state index < -0.39 is 0 Å². The number of hydrogen-bond acceptors (Lipinski definition) is 8. The normalized spacial score (nSPS) is 20.3. The molecule has 0 atom stereocenters. The van der Waals surface area contributed by atoms with Crippen LogP contribution in [0.4, 0.5) is 17.6 Å². The molecule has 0 amide bonds. The zero-order chi connectivity index (χ0) is 24.1. The molecule has 0 unspecified atom stereocenters. The highest BCUT2D eigenvalue weighted by Crippen LogP contribution is 2.42. The third-order valence-electron chi connectivity index (χ3n) is 6.38. The van der Waals surface area contributed by atoms with Crippen LogP contribution in [0.15, 0.2) is 41.5 Å². The van der Waals surface area contributed by atoms with Crippen LogP contribution in [0.2, 0.25) is 0 Å². The first-order valence-electron chi connectivity index (χ1n) is 12.0. The number of aromatic nitrogens is 3. The predicted octanol–water partition coefficient (Wildman–Crippen LogP) is 3.23. The summed E-state index contributed by atoms with van der Waals surface area (Å²) < 4.78 is 5.39. The largest absolute Gasteiger partial charge is 0.494 e. The SMILES string of the molecule is CC.COc1cccc2c(N=C(N)C3CC(c4ccc(N5CCNCC5)nc4)C3)nc(N)nc12. The van der Waals surface area contributed by atoms with Crippen molar-refractivity contribution in [3.05, 3.63) is 42.1 Å². The molecule has 1 saturated heterocycles. The first-order valence-corrected chi connectivity index (χ1v) is 12.0. The second-order valence-electron chi connectivity index (χ2n) is 8.35. The summed E-state index contributed by atoms with van der Waals surface area (Å²) in [7, 11) is 1.60. The van der Waals surface area contributed by atoms with Gasteiger partial charge in [0.2, 0.25) is 5.95 Å². The zero-order valence-corrected chi connectivity index (χ0v) is 20.2. The Morgan fingerprint density at radius 2 is 1.88 bits per heavy atom. The molecule has 0 spiro atoms. The van der Waals surface area contributed by atoms with Crippen molar-refractivity contribution in [1.82, 2.24) is 20.3 Å². The molecule has 2 fully saturated rings. The Morgan fingerprint density at radius 3 is 2.56 bits per heavy atom. The van der Waals surface area contributed by atoms with Gasteiger partial charge in [-0.1, -0.05) is 26.0 Å². The maximum Gasteiger partial charge on any atom is 0.222 e. The minimum atomic E-state index is 0.149. The van der Waals surface area contributed by atoms with Gasteiger partial charge >= 0.3 is 0 Å². The van der Waals surface area contributed by atoms with E-state index in [1.54, 1.807) is 7.11 Å². The van der Waals surface area contributed by atoms with Gasteiger partial charge in [0.1, 0.15) is 22.9 Å². The van der Waals surface area contributed by atoms with Gasteiger partial charge in [-0.25, -0.2) is 15.0 Å². The highest BCUT2D eigenvalue weighted by Gasteiger charge is 2.33. The molecule has 5 N–H and O–H groups in total. The summed E-state index contributed by atoms with van der Waals surface area (Å²) in [5, 5.41) is 4.14. The molecule has 2 aliphatic rings. The first-order chi connectivity index (χ1) is 16.6. The van der Waals surface area contributed by atoms with E-state index in [1.165, 1.54) is 5.56 Å². The number of methoxy groups -OCH3 is 1. The van der Waals surface area contributed by atoms with Crippen molar-refractivity contribution in [1.29, 1.82) is 0 Å². The number of pyridine rings is 1. The number of benzene rings is 1. The van der Waals surface area contributed by atoms with Gasteiger partial charge in [0.15, 0.2) is 5.82 Å². The number of aliphatic imine (C=N–C) groups is 1. The lowest BCUT2D eigenvalue weighted by atomic mass is 9.71. The topological polar surface area (TPSA) is 128 Å². The van der Waals surface area contributed by atoms with E-state index >= 15 is 0 Å². The molecule has 9 nitrogen and oxygen atoms in total. The van der Waals surface area contributed by atoms with Crippen molar-refractivity contribution in [3.63, 3.8) is 0 Å². The number of rotatable bonds is 5. The standard InChI is InChI=1S/C23H28N8O.C2H6/c1-32-18-4-2-3-17-20(18)28-23(25)30-22(17)29-21(24)16-11-15(12-16)14-5-6-19(27-13-14)31-9-7-26-8-10-31;1-2/h2-6,13,15-16,26H,7-12H2,1H3,(H4,24,25,28,29,30);1-2H3. The quantitative estimate of drug-likeness (QED) is 0.389. The van der Waals surface area contributed by atoms with Crippen LogP contribution in [-0.2, 0) is 0 Å². The van der Waals surface area contributed by atoms with Gasteiger partial charge in [-0.3, -0.25) is 0 Å². The summed E-state index contributed by atoms with van der Waals surface area (Å²) in [6.07, 6.45) is 3.91. The number of nitrogens with two attached hydrogens (primary N) is 2. The summed E-state index contributed by atoms with van der Waals surface area (Å²) in [6.45, 7) is 8.01. The molecule has 5 rings (SSSR count). The minimum absolute atomic E-state index is 0.149. The predicted molar refractivity (Wildman–Crippen MR) is 138 cm³/mol. The molecule has 1 aromatic carbocycles. The van der Waals surface area contributed by atoms with Gasteiger partial charge in [0, 0.05) is 43.7 Å². The van der Waals surface area contributed by atoms with Gasteiger partial charge in [-0.15, -0.1) is 0 Å². The van der Waals surface area contributed by atoms with Gasteiger partial charge in [-0.2, -0.15) is 4.98 Å². The maximum atomic E-state index is 6.37. The number of hydrogen-bond donors (Lipinski definition) is 3. The lowest BCUT2D eigenvalue weighted by Gasteiger charge is -2.35. The number of nitrogen functional groups attached to an aromatic ring is 1. The van der Waals surface area contributed by atoms with Crippen LogP contribution in [0.3, 0.4) is 0 Å². The highest BCUT2D eigenvalue weighted by atomic mass is 16.5. The Morgan fingerprint density at radius 1 is 1.12 bits per heavy atom. The van der Waals surface area contributed by atoms with E-state index in [2.05, 4.69) is 37.3 Å². The van der Waals surface area contributed by atoms with Crippen molar-refractivity contribution in [2.45, 2.75) is 32.6 Å². The van der Waals surface area contributed by atoms with E-state index in [0.717, 1.165) is 50.2 Å². The maximum absolute atomic E-state index is 6.37. The van der Waals surface area contributed by atoms with E-state index in [4.69, 9.17) is 21.2 Å². The summed E-state index contributed by atoms with van der Waals surface area (Å²) in [5.41, 5.74) is 14.2. The average molecular weight is 463 g/mol. The second kappa shape index (κ2) is 10.6. The molecule has 1 aliphatic heterocycles. The number of nitrogens with zero attached hydrogens (tertiary/aromatic N) is 5.